The van der Waals surface area contributed by atoms with Gasteiger partial charge >= 0.3 is 0 Å². The van der Waals surface area contributed by atoms with Gasteiger partial charge in [0.1, 0.15) is 18.4 Å². The molecular weight excluding hydrogens is 274 g/mol. The molecule has 1 aromatic rings. The molecule has 2 N–H and O–H groups in total. The smallest absolute Gasteiger partial charge is 0.228 e. The third-order valence-electron chi connectivity index (χ3n) is 4.34. The van der Waals surface area contributed by atoms with Crippen molar-refractivity contribution in [2.75, 3.05) is 13.1 Å². The third-order valence-corrected chi connectivity index (χ3v) is 4.34. The molecule has 2 aliphatic rings. The SMILES string of the molecule is CC(O)[C@H]1C(=O)N[C@@H]1C(C=O)CN1CCn2cnnc2C1. The molecule has 8 heteroatoms. The number of hydrogen-bond acceptors (Lipinski definition) is 6. The monoisotopic (exact) mass is 293 g/mol. The number of aliphatic hydroxyl groups is 1. The number of carbonyl (C=O) groups excluding carboxylic acids is 2. The number of amides is 1. The fourth-order valence-electron chi connectivity index (χ4n) is 3.12. The summed E-state index contributed by atoms with van der Waals surface area (Å²) in [5.74, 6) is -0.110. The average Bonchev–Trinajstić information content (AvgIpc) is 2.89. The molecule has 1 amide bonds. The third kappa shape index (κ3) is 2.56. The van der Waals surface area contributed by atoms with E-state index in [2.05, 4.69) is 20.4 Å². The van der Waals surface area contributed by atoms with Gasteiger partial charge < -0.3 is 19.8 Å². The van der Waals surface area contributed by atoms with E-state index in [1.54, 1.807) is 13.3 Å². The van der Waals surface area contributed by atoms with Crippen LogP contribution in [-0.4, -0.2) is 62.2 Å². The number of nitrogens with one attached hydrogen (secondary N) is 1. The van der Waals surface area contributed by atoms with Crippen molar-refractivity contribution in [2.45, 2.75) is 32.2 Å². The Morgan fingerprint density at radius 3 is 3.05 bits per heavy atom. The standard InChI is InChI=1S/C13H19N5O3/c1-8(20)11-12(15-13(11)21)9(6-19)4-17-2-3-18-7-14-16-10(18)5-17/h6-9,11-12,20H,2-5H2,1H3,(H,15,21)/t8?,9?,11-,12-/m1/s1. The predicted octanol–water partition coefficient (Wildman–Crippen LogP) is -1.60. The van der Waals surface area contributed by atoms with Gasteiger partial charge in [-0.1, -0.05) is 0 Å². The summed E-state index contributed by atoms with van der Waals surface area (Å²) in [6.45, 7) is 4.39. The number of rotatable bonds is 5. The second kappa shape index (κ2) is 5.53. The van der Waals surface area contributed by atoms with E-state index in [0.717, 1.165) is 25.2 Å². The van der Waals surface area contributed by atoms with Crippen molar-refractivity contribution in [3.8, 4) is 0 Å². The first-order valence-electron chi connectivity index (χ1n) is 7.13. The van der Waals surface area contributed by atoms with Gasteiger partial charge in [0.2, 0.25) is 5.91 Å². The summed E-state index contributed by atoms with van der Waals surface area (Å²) in [4.78, 5) is 25.0. The molecule has 114 valence electrons. The van der Waals surface area contributed by atoms with Gasteiger partial charge in [0.15, 0.2) is 0 Å². The summed E-state index contributed by atoms with van der Waals surface area (Å²) >= 11 is 0. The second-order valence-electron chi connectivity index (χ2n) is 5.78. The van der Waals surface area contributed by atoms with Gasteiger partial charge in [0, 0.05) is 25.6 Å². The van der Waals surface area contributed by atoms with Crippen LogP contribution in [0.5, 0.6) is 0 Å². The number of carbonyl (C=O) groups is 2. The van der Waals surface area contributed by atoms with E-state index in [1.165, 1.54) is 0 Å². The molecule has 0 saturated carbocycles. The van der Waals surface area contributed by atoms with Crippen LogP contribution < -0.4 is 5.32 Å². The molecule has 1 aromatic heterocycles. The molecule has 1 saturated heterocycles. The average molecular weight is 293 g/mol. The zero-order valence-electron chi connectivity index (χ0n) is 11.8. The van der Waals surface area contributed by atoms with Gasteiger partial charge in [-0.3, -0.25) is 9.69 Å². The maximum absolute atomic E-state index is 11.5. The summed E-state index contributed by atoms with van der Waals surface area (Å²) in [5.41, 5.74) is 0. The highest BCUT2D eigenvalue weighted by atomic mass is 16.3. The highest BCUT2D eigenvalue weighted by Crippen LogP contribution is 2.26. The minimum Gasteiger partial charge on any atom is -0.393 e. The molecule has 0 bridgehead atoms. The number of fused-ring (bicyclic) bond motifs is 1. The van der Waals surface area contributed by atoms with Crippen LogP contribution in [0.1, 0.15) is 12.7 Å². The number of aldehydes is 1. The minimum atomic E-state index is -0.740. The van der Waals surface area contributed by atoms with Crippen LogP contribution in [0.3, 0.4) is 0 Å². The molecule has 2 aliphatic heterocycles. The molecule has 4 atom stereocenters. The molecular formula is C13H19N5O3. The lowest BCUT2D eigenvalue weighted by Gasteiger charge is -2.43. The van der Waals surface area contributed by atoms with Crippen molar-refractivity contribution in [3.05, 3.63) is 12.2 Å². The fraction of sp³-hybridized carbons (Fsp3) is 0.692. The van der Waals surface area contributed by atoms with E-state index in [4.69, 9.17) is 0 Å². The molecule has 0 radical (unpaired) electrons. The molecule has 0 spiro atoms. The summed E-state index contributed by atoms with van der Waals surface area (Å²) < 4.78 is 2.00. The normalized spacial score (nSPS) is 28.2. The summed E-state index contributed by atoms with van der Waals surface area (Å²) in [6, 6.07) is -0.283. The van der Waals surface area contributed by atoms with Gasteiger partial charge in [-0.25, -0.2) is 0 Å². The number of β-lactam (4-membered cyclic amide) rings is 1. The van der Waals surface area contributed by atoms with Gasteiger partial charge in [0.25, 0.3) is 0 Å². The van der Waals surface area contributed by atoms with Crippen LogP contribution in [-0.2, 0) is 22.7 Å². The highest BCUT2D eigenvalue weighted by Gasteiger charge is 2.46. The maximum Gasteiger partial charge on any atom is 0.228 e. The van der Waals surface area contributed by atoms with E-state index >= 15 is 0 Å². The van der Waals surface area contributed by atoms with Crippen molar-refractivity contribution in [3.63, 3.8) is 0 Å². The van der Waals surface area contributed by atoms with Crippen molar-refractivity contribution in [1.29, 1.82) is 0 Å². The Morgan fingerprint density at radius 1 is 1.57 bits per heavy atom. The molecule has 0 aliphatic carbocycles. The number of aromatic nitrogens is 3. The zero-order valence-corrected chi connectivity index (χ0v) is 11.8. The number of hydrogen-bond donors (Lipinski definition) is 2. The summed E-state index contributed by atoms with van der Waals surface area (Å²) in [6.07, 6.45) is 1.84. The van der Waals surface area contributed by atoms with Crippen molar-refractivity contribution in [1.82, 2.24) is 25.0 Å². The van der Waals surface area contributed by atoms with E-state index < -0.39 is 12.0 Å². The van der Waals surface area contributed by atoms with E-state index in [1.807, 2.05) is 4.57 Å². The Kier molecular flexibility index (Phi) is 3.73. The first-order chi connectivity index (χ1) is 10.1. The Labute approximate surface area is 122 Å². The quantitative estimate of drug-likeness (QED) is 0.501. The molecule has 21 heavy (non-hydrogen) atoms. The lowest BCUT2D eigenvalue weighted by atomic mass is 9.78. The van der Waals surface area contributed by atoms with Crippen molar-refractivity contribution < 1.29 is 14.7 Å². The maximum atomic E-state index is 11.5. The van der Waals surface area contributed by atoms with Crippen molar-refractivity contribution >= 4 is 12.2 Å². The number of aliphatic hydroxyl groups excluding tert-OH is 1. The second-order valence-corrected chi connectivity index (χ2v) is 5.78. The molecule has 1 fully saturated rings. The van der Waals surface area contributed by atoms with Gasteiger partial charge in [-0.05, 0) is 6.92 Å². The highest BCUT2D eigenvalue weighted by molar-refractivity contribution is 5.87. The Hall–Kier alpha value is -1.80. The number of nitrogens with zero attached hydrogens (tertiary/aromatic N) is 4. The van der Waals surface area contributed by atoms with Crippen LogP contribution in [0.25, 0.3) is 0 Å². The first kappa shape index (κ1) is 14.2. The van der Waals surface area contributed by atoms with Gasteiger partial charge in [-0.2, -0.15) is 0 Å². The molecule has 8 nitrogen and oxygen atoms in total. The largest absolute Gasteiger partial charge is 0.393 e. The van der Waals surface area contributed by atoms with Crippen LogP contribution in [0.4, 0.5) is 0 Å². The zero-order chi connectivity index (χ0) is 15.0. The minimum absolute atomic E-state index is 0.180. The van der Waals surface area contributed by atoms with E-state index in [-0.39, 0.29) is 17.9 Å². The van der Waals surface area contributed by atoms with Crippen LogP contribution in [0.15, 0.2) is 6.33 Å². The Bertz CT molecular complexity index is 544. The summed E-state index contributed by atoms with van der Waals surface area (Å²) in [5, 5.41) is 20.3. The molecule has 2 unspecified atom stereocenters. The molecule has 0 aromatic carbocycles. The summed E-state index contributed by atoms with van der Waals surface area (Å²) in [7, 11) is 0. The lowest BCUT2D eigenvalue weighted by Crippen LogP contribution is -2.66. The van der Waals surface area contributed by atoms with Gasteiger partial charge in [0.05, 0.1) is 24.6 Å². The topological polar surface area (TPSA) is 100 Å². The fourth-order valence-corrected chi connectivity index (χ4v) is 3.12. The Morgan fingerprint density at radius 2 is 2.38 bits per heavy atom. The molecule has 3 rings (SSSR count). The van der Waals surface area contributed by atoms with Crippen LogP contribution >= 0.6 is 0 Å². The molecule has 3 heterocycles. The van der Waals surface area contributed by atoms with E-state index in [9.17, 15) is 14.7 Å². The first-order valence-corrected chi connectivity index (χ1v) is 7.13. The predicted molar refractivity (Wildman–Crippen MR) is 72.0 cm³/mol. The lowest BCUT2D eigenvalue weighted by molar-refractivity contribution is -0.144. The van der Waals surface area contributed by atoms with Crippen molar-refractivity contribution in [2.24, 2.45) is 11.8 Å². The van der Waals surface area contributed by atoms with E-state index in [0.29, 0.717) is 13.1 Å². The van der Waals surface area contributed by atoms with Crippen LogP contribution in [0, 0.1) is 11.8 Å². The van der Waals surface area contributed by atoms with Gasteiger partial charge in [-0.15, -0.1) is 10.2 Å². The Balaban J connectivity index is 1.63. The van der Waals surface area contributed by atoms with Crippen LogP contribution in [0.2, 0.25) is 0 Å².